The van der Waals surface area contributed by atoms with Gasteiger partial charge in [-0.1, -0.05) is 25.5 Å². The number of phenols is 1. The Labute approximate surface area is 230 Å². The summed E-state index contributed by atoms with van der Waals surface area (Å²) < 4.78 is 0. The van der Waals surface area contributed by atoms with Crippen molar-refractivity contribution >= 4 is 23.2 Å². The highest BCUT2D eigenvalue weighted by atomic mass is 19.0. The van der Waals surface area contributed by atoms with Gasteiger partial charge in [0, 0.05) is 23.6 Å². The van der Waals surface area contributed by atoms with Crippen LogP contribution in [-0.4, -0.2) is 97.7 Å². The summed E-state index contributed by atoms with van der Waals surface area (Å²) in [5.41, 5.74) is 2.22. The molecule has 1 aromatic carbocycles. The molecule has 4 aliphatic rings. The Kier molecular flexibility index (Phi) is 7.61. The predicted molar refractivity (Wildman–Crippen MR) is 142 cm³/mol. The number of halogens is 1. The van der Waals surface area contributed by atoms with E-state index < -0.39 is 70.1 Å². The fraction of sp³-hybridized carbons (Fsp3) is 0.536. The number of carbonyl (C=O) groups is 3. The normalized spacial score (nSPS) is 32.4. The van der Waals surface area contributed by atoms with Crippen LogP contribution < -0.4 is 5.73 Å². The molecule has 1 saturated heterocycles. The number of fused-ring (bicyclic) bond motifs is 3. The largest absolute Gasteiger partial charge is 0.508 e. The van der Waals surface area contributed by atoms with Gasteiger partial charge in [0.25, 0.3) is 5.91 Å². The average Bonchev–Trinajstić information content (AvgIpc) is 2.87. The molecule has 0 aromatic heterocycles. The van der Waals surface area contributed by atoms with Crippen LogP contribution in [0.2, 0.25) is 0 Å². The molecule has 11 nitrogen and oxygen atoms in total. The molecule has 218 valence electrons. The predicted octanol–water partition coefficient (Wildman–Crippen LogP) is 0.634. The second-order valence-corrected chi connectivity index (χ2v) is 11.4. The van der Waals surface area contributed by atoms with E-state index in [2.05, 4.69) is 4.90 Å². The number of aromatic hydroxyl groups is 1. The lowest BCUT2D eigenvalue weighted by Gasteiger charge is -2.53. The average molecular weight is 562 g/mol. The summed E-state index contributed by atoms with van der Waals surface area (Å²) in [7, 11) is 2.96. The fourth-order valence-electron chi connectivity index (χ4n) is 7.15. The molecule has 7 N–H and O–H groups in total. The molecule has 1 saturated carbocycles. The van der Waals surface area contributed by atoms with E-state index in [4.69, 9.17) is 5.73 Å². The zero-order chi connectivity index (χ0) is 28.5. The van der Waals surface area contributed by atoms with E-state index in [0.29, 0.717) is 17.7 Å². The first-order valence-electron chi connectivity index (χ1n) is 13.2. The van der Waals surface area contributed by atoms with Crippen molar-refractivity contribution in [3.8, 4) is 5.75 Å². The van der Waals surface area contributed by atoms with E-state index in [0.717, 1.165) is 32.4 Å². The second-order valence-electron chi connectivity index (χ2n) is 11.4. The number of ketones is 2. The van der Waals surface area contributed by atoms with Gasteiger partial charge in [0.15, 0.2) is 11.4 Å². The molecular formula is C28H36FN3O8. The second kappa shape index (κ2) is 10.3. The van der Waals surface area contributed by atoms with Gasteiger partial charge in [-0.3, -0.25) is 28.9 Å². The van der Waals surface area contributed by atoms with E-state index in [1.807, 2.05) is 0 Å². The van der Waals surface area contributed by atoms with Crippen LogP contribution in [0.15, 0.2) is 29.0 Å². The Morgan fingerprint density at radius 2 is 1.75 bits per heavy atom. The van der Waals surface area contributed by atoms with Gasteiger partial charge < -0.3 is 31.3 Å². The summed E-state index contributed by atoms with van der Waals surface area (Å²) in [5, 5.41) is 57.1. The van der Waals surface area contributed by atoms with Gasteiger partial charge in [0.1, 0.15) is 22.8 Å². The number of primary amides is 1. The van der Waals surface area contributed by atoms with E-state index in [9.17, 15) is 39.9 Å². The van der Waals surface area contributed by atoms with E-state index in [1.165, 1.54) is 19.0 Å². The van der Waals surface area contributed by atoms with Crippen LogP contribution in [0.1, 0.15) is 48.8 Å². The minimum Gasteiger partial charge on any atom is -0.508 e. The molecule has 2 unspecified atom stereocenters. The van der Waals surface area contributed by atoms with Gasteiger partial charge in [-0.2, -0.15) is 0 Å². The number of aliphatic hydroxyl groups excluding tert-OH is 3. The summed E-state index contributed by atoms with van der Waals surface area (Å²) >= 11 is 0. The number of nitrogens with zero attached hydrogens (tertiary/aromatic N) is 2. The summed E-state index contributed by atoms with van der Waals surface area (Å²) in [5.74, 6) is -8.73. The quantitative estimate of drug-likeness (QED) is 0.285. The molecule has 1 aliphatic heterocycles. The lowest BCUT2D eigenvalue weighted by Crippen LogP contribution is -2.70. The van der Waals surface area contributed by atoms with Gasteiger partial charge in [-0.05, 0) is 51.5 Å². The van der Waals surface area contributed by atoms with Crippen molar-refractivity contribution in [3.63, 3.8) is 0 Å². The molecule has 5 rings (SSSR count). The topological polar surface area (TPSA) is 185 Å². The lowest BCUT2D eigenvalue weighted by molar-refractivity contribution is -0.169. The number of benzene rings is 1. The number of hydrogen-bond donors (Lipinski definition) is 6. The number of hydrogen-bond acceptors (Lipinski definition) is 10. The van der Waals surface area contributed by atoms with Crippen molar-refractivity contribution in [3.05, 3.63) is 45.7 Å². The Balaban J connectivity index is 0.00000370. The molecular weight excluding hydrogens is 525 g/mol. The summed E-state index contributed by atoms with van der Waals surface area (Å²) in [6, 6.07) is 2.15. The molecule has 1 amide bonds. The molecule has 2 fully saturated rings. The minimum absolute atomic E-state index is 0. The van der Waals surface area contributed by atoms with Crippen LogP contribution >= 0.6 is 0 Å². The smallest absolute Gasteiger partial charge is 0.255 e. The number of likely N-dealkylation sites (N-methyl/N-ethyl adjacent to an activating group) is 1. The molecule has 0 radical (unpaired) electrons. The fourth-order valence-corrected chi connectivity index (χ4v) is 7.15. The zero-order valence-electron chi connectivity index (χ0n) is 22.6. The van der Waals surface area contributed by atoms with Crippen molar-refractivity contribution in [2.24, 2.45) is 17.6 Å². The number of nitrogens with two attached hydrogens (primary N) is 1. The number of likely N-dealkylation sites (tertiary alicyclic amines) is 1. The van der Waals surface area contributed by atoms with E-state index in [1.54, 1.807) is 19.1 Å². The monoisotopic (exact) mass is 561 g/mol. The Bertz CT molecular complexity index is 1330. The van der Waals surface area contributed by atoms with Crippen LogP contribution in [-0.2, 0) is 20.9 Å². The summed E-state index contributed by atoms with van der Waals surface area (Å²) in [6.07, 6.45) is 1.64. The summed E-state index contributed by atoms with van der Waals surface area (Å²) in [4.78, 5) is 43.0. The van der Waals surface area contributed by atoms with Crippen molar-refractivity contribution in [2.75, 3.05) is 27.2 Å². The maximum Gasteiger partial charge on any atom is 0.255 e. The number of rotatable bonds is 4. The SMILES string of the molecule is C[C@H]1c2ccc(CN3CCCCC3)c(O)c2C(O)=C2C(=O)[C@]3(O)C(O)=C(C(N)=O)C(=O)[C@@H](N(C)C)C3[C@@H](O)C21.F. The lowest BCUT2D eigenvalue weighted by atomic mass is 9.54. The first-order valence-corrected chi connectivity index (χ1v) is 13.2. The molecule has 0 spiro atoms. The number of aliphatic hydroxyl groups is 4. The van der Waals surface area contributed by atoms with Crippen LogP contribution in [0.25, 0.3) is 5.76 Å². The Morgan fingerprint density at radius 1 is 1.12 bits per heavy atom. The molecule has 0 bridgehead atoms. The first kappa shape index (κ1) is 29.7. The number of carbonyl (C=O) groups excluding carboxylic acids is 3. The Morgan fingerprint density at radius 3 is 2.33 bits per heavy atom. The van der Waals surface area contributed by atoms with Crippen LogP contribution in [0, 0.1) is 11.8 Å². The maximum atomic E-state index is 14.0. The van der Waals surface area contributed by atoms with Crippen molar-refractivity contribution < 1.29 is 44.6 Å². The molecule has 12 heteroatoms. The Hall–Kier alpha value is -3.32. The van der Waals surface area contributed by atoms with Crippen LogP contribution in [0.4, 0.5) is 4.70 Å². The molecule has 1 aromatic rings. The number of phenolic OH excluding ortho intramolecular Hbond substituents is 1. The molecule has 1 heterocycles. The van der Waals surface area contributed by atoms with Gasteiger partial charge in [0.2, 0.25) is 5.78 Å². The van der Waals surface area contributed by atoms with Crippen molar-refractivity contribution in [1.29, 1.82) is 0 Å². The van der Waals surface area contributed by atoms with E-state index >= 15 is 0 Å². The highest BCUT2D eigenvalue weighted by molar-refractivity contribution is 6.24. The van der Waals surface area contributed by atoms with E-state index in [-0.39, 0.29) is 21.6 Å². The maximum absolute atomic E-state index is 14.0. The highest BCUT2D eigenvalue weighted by Gasteiger charge is 2.68. The third-order valence-corrected chi connectivity index (χ3v) is 9.06. The van der Waals surface area contributed by atoms with Crippen LogP contribution in [0.5, 0.6) is 5.75 Å². The zero-order valence-corrected chi connectivity index (χ0v) is 22.6. The standard InChI is InChI=1S/C28H35N3O8.FH/c1-12-14-8-7-13(11-31-9-5-4-6-10-31)21(32)16(14)22(33)17-15(12)23(34)19-20(30(2)3)24(35)18(27(29)38)26(37)28(19,39)25(17)36;/h7-8,12,15,19-20,23,32-34,37,39H,4-6,9-11H2,1-3H3,(H2,29,38);1H/t12-,15?,19?,20-,23-,28-;/m0./s1. The molecule has 3 aliphatic carbocycles. The van der Waals surface area contributed by atoms with Gasteiger partial charge in [0.05, 0.1) is 23.6 Å². The van der Waals surface area contributed by atoms with Crippen molar-refractivity contribution in [2.45, 2.75) is 56.4 Å². The molecule has 6 atom stereocenters. The van der Waals surface area contributed by atoms with Gasteiger partial charge in [-0.15, -0.1) is 0 Å². The third kappa shape index (κ3) is 3.96. The number of piperidine rings is 1. The van der Waals surface area contributed by atoms with Gasteiger partial charge in [-0.25, -0.2) is 0 Å². The summed E-state index contributed by atoms with van der Waals surface area (Å²) in [6.45, 7) is 3.92. The molecule has 40 heavy (non-hydrogen) atoms. The highest BCUT2D eigenvalue weighted by Crippen LogP contribution is 2.56. The van der Waals surface area contributed by atoms with Crippen molar-refractivity contribution in [1.82, 2.24) is 9.80 Å². The number of Topliss-reactive ketones (excluding diaryl/α,β-unsaturated/α-hetero) is 2. The van der Waals surface area contributed by atoms with Gasteiger partial charge >= 0.3 is 0 Å². The minimum atomic E-state index is -2.91. The number of amides is 1. The van der Waals surface area contributed by atoms with Crippen LogP contribution in [0.3, 0.4) is 0 Å². The first-order chi connectivity index (χ1) is 18.3. The third-order valence-electron chi connectivity index (χ3n) is 9.06.